The van der Waals surface area contributed by atoms with Crippen LogP contribution in [0.4, 0.5) is 0 Å². The maximum atomic E-state index is 11.1. The maximum Gasteiger partial charge on any atom is 0.246 e. The van der Waals surface area contributed by atoms with Gasteiger partial charge in [0.15, 0.2) is 0 Å². The molecule has 1 amide bonds. The largest absolute Gasteiger partial charge is 0.383 e. The van der Waals surface area contributed by atoms with Crippen LogP contribution < -0.4 is 5.32 Å². The number of halogens is 1. The Morgan fingerprint density at radius 3 is 2.86 bits per heavy atom. The number of hydrogen-bond acceptors (Lipinski definition) is 3. The van der Waals surface area contributed by atoms with E-state index in [0.717, 1.165) is 6.42 Å². The lowest BCUT2D eigenvalue weighted by Gasteiger charge is -2.10. The molecule has 14 heavy (non-hydrogen) atoms. The van der Waals surface area contributed by atoms with Gasteiger partial charge in [-0.05, 0) is 6.42 Å². The molecule has 0 rings (SSSR count). The van der Waals surface area contributed by atoms with Crippen LogP contribution in [-0.2, 0) is 14.3 Å². The lowest BCUT2D eigenvalue weighted by Crippen LogP contribution is -2.34. The van der Waals surface area contributed by atoms with Crippen LogP contribution in [0, 0.1) is 0 Å². The highest BCUT2D eigenvalue weighted by Gasteiger charge is 2.06. The lowest BCUT2D eigenvalue weighted by atomic mass is 10.4. The first-order valence-electron chi connectivity index (χ1n) is 4.68. The Balaban J connectivity index is 3.34. The second kappa shape index (κ2) is 9.43. The average Bonchev–Trinajstić information content (AvgIpc) is 2.16. The van der Waals surface area contributed by atoms with Gasteiger partial charge in [-0.1, -0.05) is 22.9 Å². The summed E-state index contributed by atoms with van der Waals surface area (Å²) in [6, 6.07) is 0. The van der Waals surface area contributed by atoms with Crippen LogP contribution in [0.5, 0.6) is 0 Å². The van der Waals surface area contributed by atoms with E-state index in [-0.39, 0.29) is 17.3 Å². The van der Waals surface area contributed by atoms with Crippen LogP contribution in [0.3, 0.4) is 0 Å². The van der Waals surface area contributed by atoms with Crippen molar-refractivity contribution in [2.45, 2.75) is 18.2 Å². The zero-order chi connectivity index (χ0) is 10.8. The molecule has 1 unspecified atom stereocenters. The fourth-order valence-electron chi connectivity index (χ4n) is 0.825. The summed E-state index contributed by atoms with van der Waals surface area (Å²) in [6.07, 6.45) is 0.929. The zero-order valence-electron chi connectivity index (χ0n) is 8.72. The van der Waals surface area contributed by atoms with E-state index in [1.807, 2.05) is 6.92 Å². The third kappa shape index (κ3) is 8.47. The number of nitrogens with one attached hydrogen (secondary N) is 1. The van der Waals surface area contributed by atoms with Gasteiger partial charge in [0.05, 0.1) is 11.4 Å². The molecule has 84 valence electrons. The van der Waals surface area contributed by atoms with Crippen molar-refractivity contribution in [1.29, 1.82) is 0 Å². The highest BCUT2D eigenvalue weighted by atomic mass is 79.9. The number of hydrogen-bond donors (Lipinski definition) is 1. The third-order valence-electron chi connectivity index (χ3n) is 1.45. The van der Waals surface area contributed by atoms with E-state index in [0.29, 0.717) is 19.8 Å². The standard InChI is InChI=1S/C9H18BrNO3/c1-3-4-14-7-9(12)11-5-8(10)6-13-2/h8H,3-7H2,1-2H3,(H,11,12). The quantitative estimate of drug-likeness (QED) is 0.526. The topological polar surface area (TPSA) is 47.6 Å². The monoisotopic (exact) mass is 267 g/mol. The molecule has 0 saturated heterocycles. The summed E-state index contributed by atoms with van der Waals surface area (Å²) in [5.74, 6) is -0.0843. The highest BCUT2D eigenvalue weighted by Crippen LogP contribution is 1.97. The van der Waals surface area contributed by atoms with Crippen LogP contribution in [0.15, 0.2) is 0 Å². The van der Waals surface area contributed by atoms with Crippen LogP contribution in [0.2, 0.25) is 0 Å². The molecule has 0 fully saturated rings. The normalized spacial score (nSPS) is 12.5. The predicted octanol–water partition coefficient (Wildman–Crippen LogP) is 0.939. The first-order chi connectivity index (χ1) is 6.70. The summed E-state index contributed by atoms with van der Waals surface area (Å²) in [6.45, 7) is 3.91. The molecule has 0 heterocycles. The smallest absolute Gasteiger partial charge is 0.246 e. The van der Waals surface area contributed by atoms with E-state index in [9.17, 15) is 4.79 Å². The molecular formula is C9H18BrNO3. The van der Waals surface area contributed by atoms with Crippen molar-refractivity contribution in [3.05, 3.63) is 0 Å². The molecule has 0 aliphatic rings. The van der Waals surface area contributed by atoms with Crippen LogP contribution in [0.25, 0.3) is 0 Å². The van der Waals surface area contributed by atoms with Gasteiger partial charge in [0.2, 0.25) is 5.91 Å². The Kier molecular flexibility index (Phi) is 9.34. The van der Waals surface area contributed by atoms with Gasteiger partial charge in [-0.15, -0.1) is 0 Å². The number of carbonyl (C=O) groups excluding carboxylic acids is 1. The molecule has 4 nitrogen and oxygen atoms in total. The number of alkyl halides is 1. The third-order valence-corrected chi connectivity index (χ3v) is 2.04. The Morgan fingerprint density at radius 2 is 2.29 bits per heavy atom. The van der Waals surface area contributed by atoms with Crippen molar-refractivity contribution in [1.82, 2.24) is 5.32 Å². The number of rotatable bonds is 8. The van der Waals surface area contributed by atoms with Crippen LogP contribution in [0.1, 0.15) is 13.3 Å². The van der Waals surface area contributed by atoms with Gasteiger partial charge < -0.3 is 14.8 Å². The van der Waals surface area contributed by atoms with Gasteiger partial charge >= 0.3 is 0 Å². The molecule has 1 N–H and O–H groups in total. The molecule has 0 aliphatic carbocycles. The Morgan fingerprint density at radius 1 is 1.57 bits per heavy atom. The second-order valence-electron chi connectivity index (χ2n) is 2.91. The van der Waals surface area contributed by atoms with E-state index < -0.39 is 0 Å². The zero-order valence-corrected chi connectivity index (χ0v) is 10.3. The highest BCUT2D eigenvalue weighted by molar-refractivity contribution is 9.09. The molecule has 0 aromatic heterocycles. The van der Waals surface area contributed by atoms with E-state index in [1.165, 1.54) is 0 Å². The van der Waals surface area contributed by atoms with Crippen molar-refractivity contribution < 1.29 is 14.3 Å². The Labute approximate surface area is 93.5 Å². The number of carbonyl (C=O) groups is 1. The number of ether oxygens (including phenoxy) is 2. The van der Waals surface area contributed by atoms with Gasteiger partial charge in [-0.25, -0.2) is 0 Å². The second-order valence-corrected chi connectivity index (χ2v) is 4.20. The fraction of sp³-hybridized carbons (Fsp3) is 0.889. The lowest BCUT2D eigenvalue weighted by molar-refractivity contribution is -0.125. The summed E-state index contributed by atoms with van der Waals surface area (Å²) in [7, 11) is 1.63. The van der Waals surface area contributed by atoms with Crippen molar-refractivity contribution in [3.63, 3.8) is 0 Å². The van der Waals surface area contributed by atoms with Crippen LogP contribution >= 0.6 is 15.9 Å². The van der Waals surface area contributed by atoms with Gasteiger partial charge in [-0.2, -0.15) is 0 Å². The van der Waals surface area contributed by atoms with E-state index in [2.05, 4.69) is 21.2 Å². The summed E-state index contributed by atoms with van der Waals surface area (Å²) in [4.78, 5) is 11.3. The fourth-order valence-corrected chi connectivity index (χ4v) is 1.25. The van der Waals surface area contributed by atoms with Gasteiger partial charge in [-0.3, -0.25) is 4.79 Å². The minimum atomic E-state index is -0.0843. The summed E-state index contributed by atoms with van der Waals surface area (Å²) in [5.41, 5.74) is 0. The first kappa shape index (κ1) is 13.9. The molecule has 1 atom stereocenters. The molecule has 0 aromatic carbocycles. The van der Waals surface area contributed by atoms with Gasteiger partial charge in [0.1, 0.15) is 6.61 Å². The summed E-state index contributed by atoms with van der Waals surface area (Å²) < 4.78 is 9.98. The molecule has 0 radical (unpaired) electrons. The Bertz CT molecular complexity index is 155. The van der Waals surface area contributed by atoms with E-state index >= 15 is 0 Å². The van der Waals surface area contributed by atoms with E-state index in [1.54, 1.807) is 7.11 Å². The minimum absolute atomic E-state index is 0.0843. The van der Waals surface area contributed by atoms with E-state index in [4.69, 9.17) is 9.47 Å². The summed E-state index contributed by atoms with van der Waals surface area (Å²) >= 11 is 3.37. The maximum absolute atomic E-state index is 11.1. The van der Waals surface area contributed by atoms with Crippen LogP contribution in [-0.4, -0.2) is 44.2 Å². The molecule has 0 spiro atoms. The average molecular weight is 268 g/mol. The molecule has 0 aromatic rings. The van der Waals surface area contributed by atoms with Gasteiger partial charge in [0, 0.05) is 20.3 Å². The molecule has 5 heteroatoms. The molecule has 0 saturated carbocycles. The molecule has 0 aliphatic heterocycles. The van der Waals surface area contributed by atoms with Crippen molar-refractivity contribution in [2.75, 3.05) is 33.5 Å². The molecular weight excluding hydrogens is 250 g/mol. The van der Waals surface area contributed by atoms with Crippen molar-refractivity contribution >= 4 is 21.8 Å². The first-order valence-corrected chi connectivity index (χ1v) is 5.59. The predicted molar refractivity (Wildman–Crippen MR) is 58.7 cm³/mol. The number of methoxy groups -OCH3 is 1. The number of amides is 1. The summed E-state index contributed by atoms with van der Waals surface area (Å²) in [5, 5.41) is 2.74. The van der Waals surface area contributed by atoms with Gasteiger partial charge in [0.25, 0.3) is 0 Å². The minimum Gasteiger partial charge on any atom is -0.383 e. The van der Waals surface area contributed by atoms with Crippen molar-refractivity contribution in [3.8, 4) is 0 Å². The van der Waals surface area contributed by atoms with Crippen molar-refractivity contribution in [2.24, 2.45) is 0 Å². The Hall–Kier alpha value is -0.130. The molecule has 0 bridgehead atoms. The SMILES string of the molecule is CCCOCC(=O)NCC(Br)COC.